The van der Waals surface area contributed by atoms with Crippen LogP contribution >= 0.6 is 0 Å². The van der Waals surface area contributed by atoms with Crippen molar-refractivity contribution in [2.75, 3.05) is 26.7 Å². The third-order valence-electron chi connectivity index (χ3n) is 4.84. The first-order chi connectivity index (χ1) is 12.5. The fourth-order valence-corrected chi connectivity index (χ4v) is 3.36. The van der Waals surface area contributed by atoms with Crippen LogP contribution in [0.4, 0.5) is 8.78 Å². The number of nitrogens with one attached hydrogen (secondary N) is 1. The van der Waals surface area contributed by atoms with E-state index in [-0.39, 0.29) is 11.9 Å². The van der Waals surface area contributed by atoms with Gasteiger partial charge in [-0.15, -0.1) is 0 Å². The molecule has 0 aliphatic carbocycles. The Kier molecular flexibility index (Phi) is 5.52. The van der Waals surface area contributed by atoms with E-state index in [0.29, 0.717) is 25.2 Å². The monoisotopic (exact) mass is 360 g/mol. The zero-order chi connectivity index (χ0) is 18.7. The molecule has 0 aromatic heterocycles. The predicted octanol–water partition coefficient (Wildman–Crippen LogP) is 3.25. The number of carbonyl (C=O) groups is 1. The summed E-state index contributed by atoms with van der Waals surface area (Å²) in [5.41, 5.74) is 1.39. The van der Waals surface area contributed by atoms with Crippen LogP contribution in [0.5, 0.6) is 5.75 Å². The molecule has 4 nitrogen and oxygen atoms in total. The van der Waals surface area contributed by atoms with Gasteiger partial charge in [0.1, 0.15) is 5.75 Å². The van der Waals surface area contributed by atoms with Gasteiger partial charge in [0.15, 0.2) is 11.6 Å². The van der Waals surface area contributed by atoms with E-state index in [1.807, 2.05) is 24.3 Å². The minimum absolute atomic E-state index is 0.117. The Balaban J connectivity index is 1.89. The Bertz CT molecular complexity index is 797. The second-order valence-electron chi connectivity index (χ2n) is 6.39. The number of carbonyl (C=O) groups excluding carboxylic acids is 1. The highest BCUT2D eigenvalue weighted by Crippen LogP contribution is 2.32. The van der Waals surface area contributed by atoms with Crippen molar-refractivity contribution in [2.24, 2.45) is 0 Å². The number of methoxy groups -OCH3 is 1. The van der Waals surface area contributed by atoms with Crippen molar-refractivity contribution in [2.45, 2.75) is 18.9 Å². The summed E-state index contributed by atoms with van der Waals surface area (Å²) in [7, 11) is 1.60. The van der Waals surface area contributed by atoms with E-state index < -0.39 is 17.6 Å². The lowest BCUT2D eigenvalue weighted by Crippen LogP contribution is -2.49. The Morgan fingerprint density at radius 3 is 2.73 bits per heavy atom. The second-order valence-corrected chi connectivity index (χ2v) is 6.39. The highest BCUT2D eigenvalue weighted by molar-refractivity contribution is 5.84. The molecular formula is C20H22F2N2O2. The number of halogens is 2. The number of ether oxygens (including phenoxy) is 1. The number of para-hydroxylation sites is 1. The quantitative estimate of drug-likeness (QED) is 0.910. The van der Waals surface area contributed by atoms with Gasteiger partial charge in [-0.05, 0) is 30.7 Å². The SMILES string of the molecule is COc1ccccc1C1CNCCN1C(=O)C(C)c1ccc(F)c(F)c1. The maximum absolute atomic E-state index is 13.6. The highest BCUT2D eigenvalue weighted by atomic mass is 19.2. The molecule has 2 aromatic carbocycles. The Morgan fingerprint density at radius 2 is 2.00 bits per heavy atom. The van der Waals surface area contributed by atoms with Crippen LogP contribution in [0.1, 0.15) is 30.0 Å². The smallest absolute Gasteiger partial charge is 0.230 e. The van der Waals surface area contributed by atoms with Gasteiger partial charge in [-0.3, -0.25) is 4.79 Å². The van der Waals surface area contributed by atoms with Crippen molar-refractivity contribution in [1.29, 1.82) is 0 Å². The number of piperazine rings is 1. The summed E-state index contributed by atoms with van der Waals surface area (Å²) in [6, 6.07) is 11.0. The molecule has 1 amide bonds. The standard InChI is InChI=1S/C20H22F2N2O2/c1-13(14-7-8-16(21)17(22)11-14)20(25)24-10-9-23-12-18(24)15-5-3-4-6-19(15)26-2/h3-8,11,13,18,23H,9-10,12H2,1-2H3. The van der Waals surface area contributed by atoms with E-state index in [0.717, 1.165) is 23.4 Å². The Hall–Kier alpha value is -2.47. The van der Waals surface area contributed by atoms with E-state index in [1.165, 1.54) is 6.07 Å². The van der Waals surface area contributed by atoms with Crippen molar-refractivity contribution in [3.63, 3.8) is 0 Å². The summed E-state index contributed by atoms with van der Waals surface area (Å²) in [5, 5.41) is 3.31. The number of rotatable bonds is 4. The molecule has 6 heteroatoms. The third-order valence-corrected chi connectivity index (χ3v) is 4.84. The molecule has 0 spiro atoms. The number of hydrogen-bond acceptors (Lipinski definition) is 3. The van der Waals surface area contributed by atoms with Crippen LogP contribution in [0.2, 0.25) is 0 Å². The van der Waals surface area contributed by atoms with Gasteiger partial charge in [0.2, 0.25) is 5.91 Å². The first-order valence-corrected chi connectivity index (χ1v) is 8.62. The van der Waals surface area contributed by atoms with Crippen LogP contribution in [-0.4, -0.2) is 37.6 Å². The molecule has 0 radical (unpaired) electrons. The summed E-state index contributed by atoms with van der Waals surface area (Å²) in [5.74, 6) is -1.82. The molecular weight excluding hydrogens is 338 g/mol. The Labute approximate surface area is 151 Å². The fraction of sp³-hybridized carbons (Fsp3) is 0.350. The van der Waals surface area contributed by atoms with Crippen molar-refractivity contribution in [3.05, 3.63) is 65.2 Å². The van der Waals surface area contributed by atoms with Gasteiger partial charge >= 0.3 is 0 Å². The number of hydrogen-bond donors (Lipinski definition) is 1. The topological polar surface area (TPSA) is 41.6 Å². The van der Waals surface area contributed by atoms with Crippen LogP contribution in [-0.2, 0) is 4.79 Å². The average Bonchev–Trinajstić information content (AvgIpc) is 2.69. The normalized spacial score (nSPS) is 18.5. The summed E-state index contributed by atoms with van der Waals surface area (Å²) in [6.45, 7) is 3.55. The van der Waals surface area contributed by atoms with Gasteiger partial charge in [-0.25, -0.2) is 8.78 Å². The third kappa shape index (κ3) is 3.55. The highest BCUT2D eigenvalue weighted by Gasteiger charge is 2.32. The lowest BCUT2D eigenvalue weighted by Gasteiger charge is -2.38. The fourth-order valence-electron chi connectivity index (χ4n) is 3.36. The van der Waals surface area contributed by atoms with E-state index in [9.17, 15) is 13.6 Å². The number of benzene rings is 2. The summed E-state index contributed by atoms with van der Waals surface area (Å²) >= 11 is 0. The predicted molar refractivity (Wildman–Crippen MR) is 95.1 cm³/mol. The zero-order valence-corrected chi connectivity index (χ0v) is 14.8. The first-order valence-electron chi connectivity index (χ1n) is 8.62. The molecule has 2 atom stereocenters. The average molecular weight is 360 g/mol. The van der Waals surface area contributed by atoms with E-state index in [4.69, 9.17) is 4.74 Å². The minimum Gasteiger partial charge on any atom is -0.496 e. The van der Waals surface area contributed by atoms with Gasteiger partial charge in [0, 0.05) is 25.2 Å². The molecule has 0 bridgehead atoms. The van der Waals surface area contributed by atoms with Crippen LogP contribution < -0.4 is 10.1 Å². The molecule has 1 fully saturated rings. The minimum atomic E-state index is -0.941. The molecule has 1 heterocycles. The molecule has 3 rings (SSSR count). The van der Waals surface area contributed by atoms with Crippen molar-refractivity contribution in [1.82, 2.24) is 10.2 Å². The summed E-state index contributed by atoms with van der Waals surface area (Å²) < 4.78 is 32.2. The molecule has 1 aliphatic rings. The molecule has 1 saturated heterocycles. The Morgan fingerprint density at radius 1 is 1.23 bits per heavy atom. The maximum atomic E-state index is 13.6. The number of nitrogens with zero attached hydrogens (tertiary/aromatic N) is 1. The lowest BCUT2D eigenvalue weighted by atomic mass is 9.96. The van der Waals surface area contributed by atoms with Gasteiger partial charge in [0.25, 0.3) is 0 Å². The summed E-state index contributed by atoms with van der Waals surface area (Å²) in [4.78, 5) is 14.9. The first kappa shape index (κ1) is 18.3. The van der Waals surface area contributed by atoms with Gasteiger partial charge in [-0.1, -0.05) is 24.3 Å². The van der Waals surface area contributed by atoms with Gasteiger partial charge in [-0.2, -0.15) is 0 Å². The van der Waals surface area contributed by atoms with Crippen LogP contribution in [0.25, 0.3) is 0 Å². The second kappa shape index (κ2) is 7.83. The van der Waals surface area contributed by atoms with Crippen LogP contribution in [0.15, 0.2) is 42.5 Å². The summed E-state index contributed by atoms with van der Waals surface area (Å²) in [6.07, 6.45) is 0. The van der Waals surface area contributed by atoms with Crippen LogP contribution in [0, 0.1) is 11.6 Å². The molecule has 26 heavy (non-hydrogen) atoms. The van der Waals surface area contributed by atoms with E-state index in [1.54, 1.807) is 18.9 Å². The van der Waals surface area contributed by atoms with Crippen molar-refractivity contribution >= 4 is 5.91 Å². The number of amides is 1. The largest absolute Gasteiger partial charge is 0.496 e. The molecule has 1 N–H and O–H groups in total. The van der Waals surface area contributed by atoms with Crippen molar-refractivity contribution < 1.29 is 18.3 Å². The van der Waals surface area contributed by atoms with Gasteiger partial charge in [0.05, 0.1) is 19.1 Å². The van der Waals surface area contributed by atoms with Gasteiger partial charge < -0.3 is 15.0 Å². The van der Waals surface area contributed by atoms with Crippen molar-refractivity contribution in [3.8, 4) is 5.75 Å². The molecule has 0 saturated carbocycles. The van der Waals surface area contributed by atoms with Crippen LogP contribution in [0.3, 0.4) is 0 Å². The molecule has 2 aromatic rings. The lowest BCUT2D eigenvalue weighted by molar-refractivity contribution is -0.135. The van der Waals surface area contributed by atoms with E-state index in [2.05, 4.69) is 5.32 Å². The molecule has 1 aliphatic heterocycles. The molecule has 2 unspecified atom stereocenters. The molecule has 138 valence electrons. The van der Waals surface area contributed by atoms with E-state index >= 15 is 0 Å². The maximum Gasteiger partial charge on any atom is 0.230 e. The zero-order valence-electron chi connectivity index (χ0n) is 14.8.